The number of rotatable bonds is 4. The van der Waals surface area contributed by atoms with Crippen molar-refractivity contribution in [2.24, 2.45) is 0 Å². The smallest absolute Gasteiger partial charge is 0.0508 e. The Balaban J connectivity index is 1.47. The van der Waals surface area contributed by atoms with Gasteiger partial charge < -0.3 is 4.90 Å². The van der Waals surface area contributed by atoms with E-state index < -0.39 is 0 Å². The van der Waals surface area contributed by atoms with Gasteiger partial charge in [0.25, 0.3) is 0 Å². The molecule has 0 atom stereocenters. The highest BCUT2D eigenvalue weighted by Gasteiger charge is 2.38. The highest BCUT2D eigenvalue weighted by Crippen LogP contribution is 2.55. The first-order chi connectivity index (χ1) is 20.6. The minimum Gasteiger partial charge on any atom is -0.310 e. The van der Waals surface area contributed by atoms with E-state index in [9.17, 15) is 0 Å². The highest BCUT2D eigenvalue weighted by molar-refractivity contribution is 6.11. The molecular weight excluding hydrogens is 506 g/mol. The average Bonchev–Trinajstić information content (AvgIpc) is 3.04. The third kappa shape index (κ3) is 3.71. The maximum absolute atomic E-state index is 2.42. The quantitative estimate of drug-likeness (QED) is 0.216. The van der Waals surface area contributed by atoms with Crippen LogP contribution in [-0.2, 0) is 5.41 Å². The molecule has 0 radical (unpaired) electrons. The molecule has 0 spiro atoms. The highest BCUT2D eigenvalue weighted by atomic mass is 15.1. The lowest BCUT2D eigenvalue weighted by atomic mass is 9.66. The number of fused-ring (bicyclic) bond motifs is 3. The fourth-order valence-electron chi connectivity index (χ4n) is 7.08. The summed E-state index contributed by atoms with van der Waals surface area (Å²) in [6, 6.07) is 55.3. The van der Waals surface area contributed by atoms with Gasteiger partial charge in [-0.2, -0.15) is 0 Å². The van der Waals surface area contributed by atoms with Gasteiger partial charge in [-0.15, -0.1) is 0 Å². The molecule has 8 rings (SSSR count). The molecule has 0 saturated carbocycles. The topological polar surface area (TPSA) is 3.24 Å². The lowest BCUT2D eigenvalue weighted by molar-refractivity contribution is 0.646. The van der Waals surface area contributed by atoms with Crippen LogP contribution >= 0.6 is 0 Å². The van der Waals surface area contributed by atoms with Crippen molar-refractivity contribution < 1.29 is 0 Å². The van der Waals surface area contributed by atoms with Crippen molar-refractivity contribution in [1.29, 1.82) is 0 Å². The molecule has 7 aromatic carbocycles. The SMILES string of the molecule is CC1(C)c2c(cccc2N(c2ccccc2)c2ccccc2)-c2c(-c3ccc4ccccc4c3)ccc3cccc1c23. The summed E-state index contributed by atoms with van der Waals surface area (Å²) < 4.78 is 0. The van der Waals surface area contributed by atoms with E-state index in [4.69, 9.17) is 0 Å². The molecule has 0 heterocycles. The van der Waals surface area contributed by atoms with Crippen LogP contribution < -0.4 is 4.90 Å². The van der Waals surface area contributed by atoms with Gasteiger partial charge in [0.15, 0.2) is 0 Å². The Hall–Kier alpha value is -5.14. The zero-order valence-electron chi connectivity index (χ0n) is 23.9. The van der Waals surface area contributed by atoms with Crippen LogP contribution in [0, 0.1) is 0 Å². The summed E-state index contributed by atoms with van der Waals surface area (Å²) in [4.78, 5) is 2.42. The van der Waals surface area contributed by atoms with E-state index in [2.05, 4.69) is 170 Å². The summed E-state index contributed by atoms with van der Waals surface area (Å²) in [6.07, 6.45) is 0. The van der Waals surface area contributed by atoms with Crippen molar-refractivity contribution in [1.82, 2.24) is 0 Å². The van der Waals surface area contributed by atoms with Crippen molar-refractivity contribution in [2.45, 2.75) is 19.3 Å². The molecule has 42 heavy (non-hydrogen) atoms. The first kappa shape index (κ1) is 24.6. The Morgan fingerprint density at radius 3 is 1.83 bits per heavy atom. The number of benzene rings is 7. The first-order valence-electron chi connectivity index (χ1n) is 14.7. The first-order valence-corrected chi connectivity index (χ1v) is 14.7. The van der Waals surface area contributed by atoms with Crippen LogP contribution in [0.3, 0.4) is 0 Å². The average molecular weight is 538 g/mol. The summed E-state index contributed by atoms with van der Waals surface area (Å²) in [6.45, 7) is 4.79. The normalized spacial score (nSPS) is 13.2. The molecule has 7 aromatic rings. The van der Waals surface area contributed by atoms with Crippen LogP contribution in [0.5, 0.6) is 0 Å². The van der Waals surface area contributed by atoms with Crippen molar-refractivity contribution in [3.8, 4) is 22.3 Å². The number of nitrogens with zero attached hydrogens (tertiary/aromatic N) is 1. The zero-order valence-corrected chi connectivity index (χ0v) is 23.9. The molecule has 0 bridgehead atoms. The summed E-state index contributed by atoms with van der Waals surface area (Å²) in [7, 11) is 0. The molecule has 0 saturated heterocycles. The predicted octanol–water partition coefficient (Wildman–Crippen LogP) is 11.4. The van der Waals surface area contributed by atoms with E-state index in [1.54, 1.807) is 0 Å². The predicted molar refractivity (Wildman–Crippen MR) is 179 cm³/mol. The van der Waals surface area contributed by atoms with E-state index in [0.717, 1.165) is 11.4 Å². The van der Waals surface area contributed by atoms with E-state index in [1.165, 1.54) is 60.6 Å². The molecule has 1 heteroatoms. The second-order valence-corrected chi connectivity index (χ2v) is 11.8. The molecule has 0 amide bonds. The Kier molecular flexibility index (Phi) is 5.55. The fraction of sp³-hybridized carbons (Fsp3) is 0.0732. The molecule has 1 nitrogen and oxygen atoms in total. The maximum Gasteiger partial charge on any atom is 0.0508 e. The molecule has 1 aliphatic rings. The monoisotopic (exact) mass is 537 g/mol. The lowest BCUT2D eigenvalue weighted by Gasteiger charge is -2.40. The fourth-order valence-corrected chi connectivity index (χ4v) is 7.08. The molecular formula is C41H31N. The third-order valence-electron chi connectivity index (χ3n) is 8.99. The summed E-state index contributed by atoms with van der Waals surface area (Å²) >= 11 is 0. The van der Waals surface area contributed by atoms with Crippen LogP contribution in [0.2, 0.25) is 0 Å². The molecule has 0 aromatic heterocycles. The van der Waals surface area contributed by atoms with Crippen molar-refractivity contribution in [3.05, 3.63) is 163 Å². The second-order valence-electron chi connectivity index (χ2n) is 11.8. The Morgan fingerprint density at radius 2 is 1.10 bits per heavy atom. The molecule has 0 fully saturated rings. The van der Waals surface area contributed by atoms with Gasteiger partial charge in [0, 0.05) is 16.8 Å². The van der Waals surface area contributed by atoms with Crippen LogP contribution in [0.25, 0.3) is 43.8 Å². The largest absolute Gasteiger partial charge is 0.310 e. The number of para-hydroxylation sites is 2. The lowest BCUT2D eigenvalue weighted by Crippen LogP contribution is -2.27. The Morgan fingerprint density at radius 1 is 0.476 bits per heavy atom. The maximum atomic E-state index is 2.42. The number of hydrogen-bond acceptors (Lipinski definition) is 1. The minimum atomic E-state index is -0.220. The minimum absolute atomic E-state index is 0.220. The van der Waals surface area contributed by atoms with E-state index >= 15 is 0 Å². The van der Waals surface area contributed by atoms with Gasteiger partial charge in [-0.25, -0.2) is 0 Å². The van der Waals surface area contributed by atoms with Gasteiger partial charge in [-0.3, -0.25) is 0 Å². The van der Waals surface area contributed by atoms with Gasteiger partial charge in [0.1, 0.15) is 0 Å². The zero-order chi connectivity index (χ0) is 28.3. The molecule has 1 aliphatic carbocycles. The number of hydrogen-bond donors (Lipinski definition) is 0. The van der Waals surface area contributed by atoms with Gasteiger partial charge >= 0.3 is 0 Å². The standard InChI is InChI=1S/C41H31N/c1-41(2)36-21-11-15-29-25-26-34(31-24-23-28-13-9-10-14-30(28)27-31)39(38(29)36)35-20-12-22-37(40(35)41)42(32-16-5-3-6-17-32)33-18-7-4-8-19-33/h3-27H,1-2H3. The molecule has 0 unspecified atom stereocenters. The van der Waals surface area contributed by atoms with Crippen molar-refractivity contribution in [2.75, 3.05) is 4.90 Å². The molecule has 200 valence electrons. The summed E-state index contributed by atoms with van der Waals surface area (Å²) in [5, 5.41) is 5.18. The molecule has 0 N–H and O–H groups in total. The van der Waals surface area contributed by atoms with Crippen LogP contribution in [0.1, 0.15) is 25.0 Å². The van der Waals surface area contributed by atoms with Crippen molar-refractivity contribution >= 4 is 38.6 Å². The van der Waals surface area contributed by atoms with E-state index in [-0.39, 0.29) is 5.41 Å². The summed E-state index contributed by atoms with van der Waals surface area (Å²) in [5.41, 5.74) is 11.2. The van der Waals surface area contributed by atoms with Gasteiger partial charge in [0.2, 0.25) is 0 Å². The van der Waals surface area contributed by atoms with Crippen LogP contribution in [0.4, 0.5) is 17.1 Å². The third-order valence-corrected chi connectivity index (χ3v) is 8.99. The van der Waals surface area contributed by atoms with E-state index in [1.807, 2.05) is 0 Å². The number of anilines is 3. The Labute approximate surface area is 247 Å². The second kappa shape index (κ2) is 9.46. The van der Waals surface area contributed by atoms with Crippen LogP contribution in [-0.4, -0.2) is 0 Å². The summed E-state index contributed by atoms with van der Waals surface area (Å²) in [5.74, 6) is 0. The van der Waals surface area contributed by atoms with Gasteiger partial charge in [-0.1, -0.05) is 129 Å². The van der Waals surface area contributed by atoms with E-state index in [0.29, 0.717) is 0 Å². The molecule has 0 aliphatic heterocycles. The van der Waals surface area contributed by atoms with Crippen molar-refractivity contribution in [3.63, 3.8) is 0 Å². The van der Waals surface area contributed by atoms with Gasteiger partial charge in [-0.05, 0) is 91.3 Å². The Bertz CT molecular complexity index is 2070. The van der Waals surface area contributed by atoms with Crippen LogP contribution in [0.15, 0.2) is 152 Å². The van der Waals surface area contributed by atoms with Gasteiger partial charge in [0.05, 0.1) is 5.69 Å².